The van der Waals surface area contributed by atoms with Crippen LogP contribution in [0.4, 0.5) is 18.0 Å². The Labute approximate surface area is 139 Å². The van der Waals surface area contributed by atoms with E-state index in [9.17, 15) is 23.1 Å². The van der Waals surface area contributed by atoms with Crippen molar-refractivity contribution in [3.63, 3.8) is 0 Å². The van der Waals surface area contributed by atoms with Gasteiger partial charge in [0, 0.05) is 6.54 Å². The molecule has 1 N–H and O–H groups in total. The third-order valence-electron chi connectivity index (χ3n) is 4.01. The van der Waals surface area contributed by atoms with Crippen LogP contribution >= 0.6 is 0 Å². The molecule has 0 saturated carbocycles. The average Bonchev–Trinajstić information content (AvgIpc) is 2.94. The maximum Gasteiger partial charge on any atom is 0.423 e. The number of alkyl halides is 3. The average molecular weight is 345 g/mol. The Morgan fingerprint density at radius 2 is 1.79 bits per heavy atom. The Bertz CT molecular complexity index is 583. The van der Waals surface area contributed by atoms with Gasteiger partial charge in [-0.05, 0) is 39.2 Å². The number of carbonyl (C=O) groups is 1. The lowest BCUT2D eigenvalue weighted by atomic mass is 9.84. The summed E-state index contributed by atoms with van der Waals surface area (Å²) >= 11 is 0. The predicted molar refractivity (Wildman–Crippen MR) is 82.4 cm³/mol. The SMILES string of the molecule is CC(C)(C)OC(=O)N1CCC[C@@H]1[C@](O)(c1ccccc1)C(F)(F)F. The van der Waals surface area contributed by atoms with Crippen molar-refractivity contribution in [3.05, 3.63) is 35.9 Å². The van der Waals surface area contributed by atoms with Crippen molar-refractivity contribution in [3.8, 4) is 0 Å². The summed E-state index contributed by atoms with van der Waals surface area (Å²) in [6.07, 6.45) is -5.35. The highest BCUT2D eigenvalue weighted by Crippen LogP contribution is 2.46. The van der Waals surface area contributed by atoms with E-state index in [4.69, 9.17) is 4.74 Å². The van der Waals surface area contributed by atoms with E-state index in [2.05, 4.69) is 0 Å². The molecule has 1 amide bonds. The third-order valence-corrected chi connectivity index (χ3v) is 4.01. The van der Waals surface area contributed by atoms with Crippen LogP contribution in [0.1, 0.15) is 39.2 Å². The molecular formula is C17H22F3NO3. The number of benzene rings is 1. The maximum absolute atomic E-state index is 13.8. The predicted octanol–water partition coefficient (Wildman–Crippen LogP) is 3.84. The van der Waals surface area contributed by atoms with Gasteiger partial charge in [0.25, 0.3) is 0 Å². The second-order valence-electron chi connectivity index (χ2n) is 6.96. The molecule has 0 bridgehead atoms. The Balaban J connectivity index is 2.41. The molecule has 1 fully saturated rings. The lowest BCUT2D eigenvalue weighted by molar-refractivity contribution is -0.283. The fourth-order valence-corrected chi connectivity index (χ4v) is 2.98. The van der Waals surface area contributed by atoms with Crippen molar-refractivity contribution in [2.75, 3.05) is 6.54 Å². The van der Waals surface area contributed by atoms with Crippen molar-refractivity contribution in [1.29, 1.82) is 0 Å². The molecule has 24 heavy (non-hydrogen) atoms. The number of rotatable bonds is 2. The zero-order valence-electron chi connectivity index (χ0n) is 13.9. The molecule has 1 saturated heterocycles. The highest BCUT2D eigenvalue weighted by molar-refractivity contribution is 5.69. The first-order chi connectivity index (χ1) is 11.0. The molecular weight excluding hydrogens is 323 g/mol. The number of likely N-dealkylation sites (tertiary alicyclic amines) is 1. The minimum absolute atomic E-state index is 0.0458. The van der Waals surface area contributed by atoms with Crippen molar-refractivity contribution in [1.82, 2.24) is 4.90 Å². The molecule has 2 rings (SSSR count). The zero-order chi connectivity index (χ0) is 18.2. The fraction of sp³-hybridized carbons (Fsp3) is 0.588. The van der Waals surface area contributed by atoms with Crippen LogP contribution in [0.2, 0.25) is 0 Å². The van der Waals surface area contributed by atoms with Crippen LogP contribution in [0.3, 0.4) is 0 Å². The minimum atomic E-state index is -4.93. The Hall–Kier alpha value is -1.76. The molecule has 0 aliphatic carbocycles. The first-order valence-electron chi connectivity index (χ1n) is 7.81. The molecule has 0 unspecified atom stereocenters. The molecule has 7 heteroatoms. The van der Waals surface area contributed by atoms with E-state index >= 15 is 0 Å². The van der Waals surface area contributed by atoms with Crippen LogP contribution in [-0.2, 0) is 10.3 Å². The van der Waals surface area contributed by atoms with E-state index in [1.54, 1.807) is 26.8 Å². The van der Waals surface area contributed by atoms with Crippen molar-refractivity contribution >= 4 is 6.09 Å². The maximum atomic E-state index is 13.8. The van der Waals surface area contributed by atoms with Crippen LogP contribution in [0.25, 0.3) is 0 Å². The standard InChI is InChI=1S/C17H22F3NO3/c1-15(2,3)24-14(22)21-11-7-10-13(21)16(23,17(18,19)20)12-8-5-4-6-9-12/h4-6,8-9,13,23H,7,10-11H2,1-3H3/t13-,16-/m1/s1. The second-order valence-corrected chi connectivity index (χ2v) is 6.96. The smallest absolute Gasteiger partial charge is 0.423 e. The fourth-order valence-electron chi connectivity index (χ4n) is 2.98. The number of ether oxygens (including phenoxy) is 1. The number of halogens is 3. The number of amides is 1. The van der Waals surface area contributed by atoms with Crippen LogP contribution in [-0.4, -0.2) is 40.5 Å². The number of nitrogens with zero attached hydrogens (tertiary/aromatic N) is 1. The number of carbonyl (C=O) groups excluding carboxylic acids is 1. The van der Waals surface area contributed by atoms with Gasteiger partial charge in [0.2, 0.25) is 5.60 Å². The second kappa shape index (κ2) is 6.27. The molecule has 0 aromatic heterocycles. The largest absolute Gasteiger partial charge is 0.444 e. The number of hydrogen-bond acceptors (Lipinski definition) is 3. The normalized spacial score (nSPS) is 21.5. The third kappa shape index (κ3) is 3.50. The van der Waals surface area contributed by atoms with E-state index in [0.29, 0.717) is 6.42 Å². The van der Waals surface area contributed by atoms with Gasteiger partial charge in [-0.25, -0.2) is 4.79 Å². The van der Waals surface area contributed by atoms with E-state index < -0.39 is 29.5 Å². The zero-order valence-corrected chi connectivity index (χ0v) is 13.9. The lowest BCUT2D eigenvalue weighted by Gasteiger charge is -2.40. The van der Waals surface area contributed by atoms with E-state index in [1.165, 1.54) is 24.3 Å². The first-order valence-corrected chi connectivity index (χ1v) is 7.81. The van der Waals surface area contributed by atoms with Gasteiger partial charge in [-0.15, -0.1) is 0 Å². The summed E-state index contributed by atoms with van der Waals surface area (Å²) < 4.78 is 46.6. The van der Waals surface area contributed by atoms with Gasteiger partial charge in [-0.1, -0.05) is 30.3 Å². The molecule has 1 aliphatic heterocycles. The van der Waals surface area contributed by atoms with Crippen LogP contribution < -0.4 is 0 Å². The molecule has 1 heterocycles. The summed E-state index contributed by atoms with van der Waals surface area (Å²) in [6.45, 7) is 5.04. The quantitative estimate of drug-likeness (QED) is 0.886. The Morgan fingerprint density at radius 3 is 2.29 bits per heavy atom. The molecule has 134 valence electrons. The topological polar surface area (TPSA) is 49.8 Å². The van der Waals surface area contributed by atoms with Gasteiger partial charge in [0.05, 0.1) is 6.04 Å². The van der Waals surface area contributed by atoms with Crippen LogP contribution in [0.5, 0.6) is 0 Å². The van der Waals surface area contributed by atoms with Gasteiger partial charge in [-0.3, -0.25) is 0 Å². The molecule has 0 radical (unpaired) electrons. The Morgan fingerprint density at radius 1 is 1.21 bits per heavy atom. The van der Waals surface area contributed by atoms with Crippen molar-refractivity contribution < 1.29 is 27.8 Å². The van der Waals surface area contributed by atoms with Gasteiger partial charge < -0.3 is 14.7 Å². The molecule has 0 spiro atoms. The number of hydrogen-bond donors (Lipinski definition) is 1. The molecule has 1 aliphatic rings. The summed E-state index contributed by atoms with van der Waals surface area (Å²) in [6, 6.07) is 5.45. The minimum Gasteiger partial charge on any atom is -0.444 e. The lowest BCUT2D eigenvalue weighted by Crippen LogP contribution is -2.58. The summed E-state index contributed by atoms with van der Waals surface area (Å²) in [5, 5.41) is 10.7. The summed E-state index contributed by atoms with van der Waals surface area (Å²) in [4.78, 5) is 13.3. The van der Waals surface area contributed by atoms with E-state index in [0.717, 1.165) is 4.90 Å². The van der Waals surface area contributed by atoms with Crippen molar-refractivity contribution in [2.45, 2.75) is 57.0 Å². The van der Waals surface area contributed by atoms with Crippen molar-refractivity contribution in [2.24, 2.45) is 0 Å². The summed E-state index contributed by atoms with van der Waals surface area (Å²) in [5.74, 6) is 0. The van der Waals surface area contributed by atoms with Gasteiger partial charge in [0.1, 0.15) is 5.60 Å². The summed E-state index contributed by atoms with van der Waals surface area (Å²) in [5.41, 5.74) is -4.24. The van der Waals surface area contributed by atoms with Gasteiger partial charge in [-0.2, -0.15) is 13.2 Å². The van der Waals surface area contributed by atoms with E-state index in [1.807, 2.05) is 0 Å². The highest BCUT2D eigenvalue weighted by Gasteiger charge is 2.62. The molecule has 2 atom stereocenters. The van der Waals surface area contributed by atoms with Crippen LogP contribution in [0, 0.1) is 0 Å². The molecule has 4 nitrogen and oxygen atoms in total. The van der Waals surface area contributed by atoms with E-state index in [-0.39, 0.29) is 18.5 Å². The van der Waals surface area contributed by atoms with Crippen LogP contribution in [0.15, 0.2) is 30.3 Å². The van der Waals surface area contributed by atoms with Gasteiger partial charge >= 0.3 is 12.3 Å². The number of aliphatic hydroxyl groups is 1. The van der Waals surface area contributed by atoms with Gasteiger partial charge in [0.15, 0.2) is 0 Å². The first kappa shape index (κ1) is 18.6. The molecule has 1 aromatic rings. The Kier molecular flexibility index (Phi) is 4.86. The summed E-state index contributed by atoms with van der Waals surface area (Å²) in [7, 11) is 0. The molecule has 1 aromatic carbocycles. The monoisotopic (exact) mass is 345 g/mol. The highest BCUT2D eigenvalue weighted by atomic mass is 19.4.